The van der Waals surface area contributed by atoms with E-state index in [0.29, 0.717) is 5.69 Å². The van der Waals surface area contributed by atoms with Crippen molar-refractivity contribution in [2.75, 3.05) is 11.9 Å². The molecule has 0 aromatic heterocycles. The monoisotopic (exact) mass is 375 g/mol. The van der Waals surface area contributed by atoms with Gasteiger partial charge in [0.05, 0.1) is 12.1 Å². The summed E-state index contributed by atoms with van der Waals surface area (Å²) in [4.78, 5) is 23.7. The molecule has 2 rings (SSSR count). The van der Waals surface area contributed by atoms with Crippen molar-refractivity contribution in [1.29, 1.82) is 0 Å². The van der Waals surface area contributed by atoms with Gasteiger partial charge >= 0.3 is 5.97 Å². The summed E-state index contributed by atoms with van der Waals surface area (Å²) in [5.41, 5.74) is 1.72. The van der Waals surface area contributed by atoms with Crippen molar-refractivity contribution in [3.05, 3.63) is 64.6 Å². The molecule has 0 aliphatic rings. The first kappa shape index (κ1) is 17.2. The van der Waals surface area contributed by atoms with E-state index >= 15 is 0 Å². The summed E-state index contributed by atoms with van der Waals surface area (Å²) in [5, 5.41) is 2.69. The van der Waals surface area contributed by atoms with Gasteiger partial charge in [-0.05, 0) is 39.5 Å². The van der Waals surface area contributed by atoms with E-state index in [1.165, 1.54) is 0 Å². The molecule has 2 aromatic rings. The maximum absolute atomic E-state index is 11.8. The van der Waals surface area contributed by atoms with Crippen molar-refractivity contribution < 1.29 is 14.3 Å². The Kier molecular flexibility index (Phi) is 6.35. The van der Waals surface area contributed by atoms with Gasteiger partial charge in [-0.1, -0.05) is 49.4 Å². The van der Waals surface area contributed by atoms with Crippen LogP contribution in [0, 0.1) is 0 Å². The van der Waals surface area contributed by atoms with Crippen molar-refractivity contribution >= 4 is 33.5 Å². The lowest BCUT2D eigenvalue weighted by Gasteiger charge is -2.12. The summed E-state index contributed by atoms with van der Waals surface area (Å²) in [6, 6.07) is 17.0. The number of hydrogen-bond acceptors (Lipinski definition) is 3. The molecular weight excluding hydrogens is 358 g/mol. The minimum atomic E-state index is -0.386. The van der Waals surface area contributed by atoms with E-state index in [1.807, 2.05) is 55.5 Å². The number of carbonyl (C=O) groups excluding carboxylic acids is 2. The van der Waals surface area contributed by atoms with Crippen LogP contribution < -0.4 is 5.32 Å². The number of carbonyl (C=O) groups is 2. The topological polar surface area (TPSA) is 55.4 Å². The minimum Gasteiger partial charge on any atom is -0.456 e. The first-order valence-corrected chi connectivity index (χ1v) is 8.10. The predicted octanol–water partition coefficient (Wildman–Crippen LogP) is 4.12. The molecule has 0 saturated heterocycles. The number of halogens is 1. The summed E-state index contributed by atoms with van der Waals surface area (Å²) in [6.45, 7) is 1.67. The largest absolute Gasteiger partial charge is 0.456 e. The van der Waals surface area contributed by atoms with Crippen LogP contribution in [-0.4, -0.2) is 18.5 Å². The van der Waals surface area contributed by atoms with Crippen molar-refractivity contribution in [2.45, 2.75) is 19.3 Å². The lowest BCUT2D eigenvalue weighted by molar-refractivity contribution is -0.147. The molecule has 1 atom stereocenters. The number of para-hydroxylation sites is 1. The second-order valence-electron chi connectivity index (χ2n) is 5.20. The van der Waals surface area contributed by atoms with E-state index in [-0.39, 0.29) is 30.8 Å². The van der Waals surface area contributed by atoms with Gasteiger partial charge in [0.1, 0.15) is 0 Å². The van der Waals surface area contributed by atoms with Gasteiger partial charge in [-0.15, -0.1) is 0 Å². The maximum atomic E-state index is 11.8. The lowest BCUT2D eigenvalue weighted by atomic mass is 9.98. The van der Waals surface area contributed by atoms with Crippen molar-refractivity contribution in [3.8, 4) is 0 Å². The van der Waals surface area contributed by atoms with Crippen LogP contribution in [-0.2, 0) is 14.3 Å². The van der Waals surface area contributed by atoms with E-state index < -0.39 is 0 Å². The lowest BCUT2D eigenvalue weighted by Crippen LogP contribution is -2.21. The molecule has 1 N–H and O–H groups in total. The summed E-state index contributed by atoms with van der Waals surface area (Å²) < 4.78 is 5.82. The molecule has 1 amide bonds. The highest BCUT2D eigenvalue weighted by atomic mass is 79.9. The van der Waals surface area contributed by atoms with Crippen LogP contribution in [0.15, 0.2) is 59.1 Å². The highest BCUT2D eigenvalue weighted by Gasteiger charge is 2.14. The third-order valence-electron chi connectivity index (χ3n) is 3.35. The third-order valence-corrected chi connectivity index (χ3v) is 4.05. The van der Waals surface area contributed by atoms with Crippen molar-refractivity contribution in [2.24, 2.45) is 0 Å². The zero-order chi connectivity index (χ0) is 16.7. The molecule has 4 nitrogen and oxygen atoms in total. The van der Waals surface area contributed by atoms with Gasteiger partial charge in [0.2, 0.25) is 0 Å². The highest BCUT2D eigenvalue weighted by molar-refractivity contribution is 9.10. The average molecular weight is 376 g/mol. The van der Waals surface area contributed by atoms with Gasteiger partial charge < -0.3 is 10.1 Å². The van der Waals surface area contributed by atoms with Crippen LogP contribution in [0.5, 0.6) is 0 Å². The molecule has 2 aromatic carbocycles. The van der Waals surface area contributed by atoms with Gasteiger partial charge in [0.25, 0.3) is 5.91 Å². The molecule has 0 radical (unpaired) electrons. The zero-order valence-electron chi connectivity index (χ0n) is 12.8. The molecule has 0 fully saturated rings. The van der Waals surface area contributed by atoms with E-state index in [0.717, 1.165) is 10.0 Å². The van der Waals surface area contributed by atoms with Crippen LogP contribution in [0.2, 0.25) is 0 Å². The van der Waals surface area contributed by atoms with Gasteiger partial charge in [-0.25, -0.2) is 0 Å². The van der Waals surface area contributed by atoms with E-state index in [2.05, 4.69) is 21.2 Å². The number of anilines is 1. The fraction of sp³-hybridized carbons (Fsp3) is 0.222. The third kappa shape index (κ3) is 5.53. The van der Waals surface area contributed by atoms with Crippen molar-refractivity contribution in [1.82, 2.24) is 0 Å². The minimum absolute atomic E-state index is 0.0510. The number of nitrogens with one attached hydrogen (secondary N) is 1. The van der Waals surface area contributed by atoms with Crippen molar-refractivity contribution in [3.63, 3.8) is 0 Å². The van der Waals surface area contributed by atoms with Gasteiger partial charge in [0, 0.05) is 4.47 Å². The number of rotatable bonds is 6. The fourth-order valence-corrected chi connectivity index (χ4v) is 2.49. The Morgan fingerprint density at radius 3 is 2.43 bits per heavy atom. The number of esters is 1. The van der Waals surface area contributed by atoms with Gasteiger partial charge in [-0.2, -0.15) is 0 Å². The summed E-state index contributed by atoms with van der Waals surface area (Å²) in [7, 11) is 0. The number of hydrogen-bond donors (Lipinski definition) is 1. The molecule has 0 heterocycles. The Morgan fingerprint density at radius 2 is 1.74 bits per heavy atom. The smallest absolute Gasteiger partial charge is 0.306 e. The first-order chi connectivity index (χ1) is 11.1. The molecule has 0 aliphatic heterocycles. The fourth-order valence-electron chi connectivity index (χ4n) is 2.10. The Morgan fingerprint density at radius 1 is 1.09 bits per heavy atom. The molecule has 0 spiro atoms. The van der Waals surface area contributed by atoms with E-state index in [9.17, 15) is 9.59 Å². The summed E-state index contributed by atoms with van der Waals surface area (Å²) >= 11 is 3.34. The van der Waals surface area contributed by atoms with Crippen LogP contribution in [0.1, 0.15) is 24.8 Å². The Bertz CT molecular complexity index is 673. The van der Waals surface area contributed by atoms with E-state index in [1.54, 1.807) is 6.07 Å². The predicted molar refractivity (Wildman–Crippen MR) is 93.2 cm³/mol. The van der Waals surface area contributed by atoms with Crippen LogP contribution in [0.4, 0.5) is 5.69 Å². The Labute approximate surface area is 144 Å². The molecule has 0 aliphatic carbocycles. The maximum Gasteiger partial charge on any atom is 0.306 e. The average Bonchev–Trinajstić information content (AvgIpc) is 2.56. The Hall–Kier alpha value is -2.14. The quantitative estimate of drug-likeness (QED) is 0.772. The normalized spacial score (nSPS) is 11.6. The van der Waals surface area contributed by atoms with Gasteiger partial charge in [0.15, 0.2) is 6.61 Å². The van der Waals surface area contributed by atoms with Crippen LogP contribution >= 0.6 is 15.9 Å². The Balaban J connectivity index is 1.78. The number of amides is 1. The van der Waals surface area contributed by atoms with Crippen LogP contribution in [0.25, 0.3) is 0 Å². The summed E-state index contributed by atoms with van der Waals surface area (Å²) in [5.74, 6) is -0.698. The molecule has 0 saturated carbocycles. The molecular formula is C18H18BrNO3. The molecule has 5 heteroatoms. The zero-order valence-corrected chi connectivity index (χ0v) is 14.4. The summed E-state index contributed by atoms with van der Waals surface area (Å²) in [6.07, 6.45) is 0.242. The van der Waals surface area contributed by atoms with Crippen LogP contribution in [0.3, 0.4) is 0 Å². The number of benzene rings is 2. The standard InChI is InChI=1S/C18H18BrNO3/c1-13(14-7-3-2-4-8-14)11-18(22)23-12-17(21)20-16-10-6-5-9-15(16)19/h2-10,13H,11-12H2,1H3,(H,20,21)/t13-/m1/s1. The molecule has 0 bridgehead atoms. The molecule has 23 heavy (non-hydrogen) atoms. The van der Waals surface area contributed by atoms with E-state index in [4.69, 9.17) is 4.74 Å². The first-order valence-electron chi connectivity index (χ1n) is 7.31. The second-order valence-corrected chi connectivity index (χ2v) is 6.06. The number of ether oxygens (including phenoxy) is 1. The SMILES string of the molecule is C[C@H](CC(=O)OCC(=O)Nc1ccccc1Br)c1ccccc1. The molecule has 120 valence electrons. The van der Waals surface area contributed by atoms with Gasteiger partial charge in [-0.3, -0.25) is 9.59 Å². The second kappa shape index (κ2) is 8.48. The molecule has 0 unspecified atom stereocenters. The highest BCUT2D eigenvalue weighted by Crippen LogP contribution is 2.21.